The van der Waals surface area contributed by atoms with Gasteiger partial charge in [0.25, 0.3) is 0 Å². The van der Waals surface area contributed by atoms with Crippen LogP contribution >= 0.6 is 0 Å². The normalized spacial score (nSPS) is 19.7. The SMILES string of the molecule is O=C(O)c1cn(C2CC2)c2nc(N3CC4=C(c5ccc(C(F)(F)F)nc5)NOC4C3)c(F)cc2c1=O. The van der Waals surface area contributed by atoms with Gasteiger partial charge in [-0.2, -0.15) is 13.2 Å². The zero-order chi connectivity index (χ0) is 25.4. The van der Waals surface area contributed by atoms with E-state index in [1.165, 1.54) is 12.3 Å². The highest BCUT2D eigenvalue weighted by molar-refractivity contribution is 5.92. The van der Waals surface area contributed by atoms with Crippen molar-refractivity contribution in [2.24, 2.45) is 0 Å². The van der Waals surface area contributed by atoms with Gasteiger partial charge in [0.05, 0.1) is 17.6 Å². The Morgan fingerprint density at radius 1 is 1.25 bits per heavy atom. The average molecular weight is 503 g/mol. The van der Waals surface area contributed by atoms with Crippen molar-refractivity contribution in [1.82, 2.24) is 20.0 Å². The number of aromatic carboxylic acids is 1. The van der Waals surface area contributed by atoms with E-state index in [-0.39, 0.29) is 36.0 Å². The van der Waals surface area contributed by atoms with Gasteiger partial charge in [-0.25, -0.2) is 14.2 Å². The standard InChI is InChI=1S/C23H17F4N5O4/c24-15-5-12-19(33)14(22(34)35)8-32(11-2-3-11)20(12)29-21(15)31-7-13-16(9-31)36-30-18(13)10-1-4-17(28-6-10)23(25,26)27/h1,4-6,8,11,16,30H,2-3,7,9H2,(H,34,35). The molecule has 1 saturated carbocycles. The first-order valence-corrected chi connectivity index (χ1v) is 11.0. The number of fused-ring (bicyclic) bond motifs is 2. The second-order valence-corrected chi connectivity index (χ2v) is 8.90. The van der Waals surface area contributed by atoms with Crippen LogP contribution in [0.5, 0.6) is 0 Å². The maximum absolute atomic E-state index is 15.2. The van der Waals surface area contributed by atoms with Crippen LogP contribution < -0.4 is 15.8 Å². The molecule has 3 aromatic rings. The lowest BCUT2D eigenvalue weighted by Gasteiger charge is -2.20. The molecule has 6 rings (SSSR count). The molecule has 2 fully saturated rings. The highest BCUT2D eigenvalue weighted by Crippen LogP contribution is 2.39. The minimum Gasteiger partial charge on any atom is -0.477 e. The van der Waals surface area contributed by atoms with E-state index in [9.17, 15) is 27.9 Å². The number of carboxylic acids is 1. The monoisotopic (exact) mass is 503 g/mol. The van der Waals surface area contributed by atoms with E-state index in [0.29, 0.717) is 16.8 Å². The third kappa shape index (κ3) is 3.58. The molecular formula is C23H17F4N5O4. The lowest BCUT2D eigenvalue weighted by molar-refractivity contribution is -0.141. The first kappa shape index (κ1) is 22.5. The summed E-state index contributed by atoms with van der Waals surface area (Å²) in [5.41, 5.74) is 2.18. The fourth-order valence-electron chi connectivity index (χ4n) is 4.58. The first-order valence-electron chi connectivity index (χ1n) is 11.0. The topological polar surface area (TPSA) is 110 Å². The molecule has 0 spiro atoms. The number of hydrogen-bond donors (Lipinski definition) is 2. The number of pyridine rings is 3. The van der Waals surface area contributed by atoms with Gasteiger partial charge in [-0.3, -0.25) is 20.1 Å². The van der Waals surface area contributed by atoms with Crippen molar-refractivity contribution >= 4 is 28.5 Å². The zero-order valence-corrected chi connectivity index (χ0v) is 18.3. The van der Waals surface area contributed by atoms with Gasteiger partial charge >= 0.3 is 12.1 Å². The van der Waals surface area contributed by atoms with Crippen molar-refractivity contribution in [3.8, 4) is 0 Å². The van der Waals surface area contributed by atoms with Crippen molar-refractivity contribution in [2.45, 2.75) is 31.2 Å². The molecule has 1 aliphatic carbocycles. The Hall–Kier alpha value is -4.00. The molecule has 0 bridgehead atoms. The Morgan fingerprint density at radius 3 is 2.67 bits per heavy atom. The molecule has 0 aromatic carbocycles. The number of halogens is 4. The summed E-state index contributed by atoms with van der Waals surface area (Å²) in [6.45, 7) is 0.376. The van der Waals surface area contributed by atoms with Gasteiger partial charge < -0.3 is 14.6 Å². The molecule has 36 heavy (non-hydrogen) atoms. The van der Waals surface area contributed by atoms with Crippen LogP contribution in [0.3, 0.4) is 0 Å². The van der Waals surface area contributed by atoms with Gasteiger partial charge in [-0.05, 0) is 31.0 Å². The summed E-state index contributed by atoms with van der Waals surface area (Å²) in [4.78, 5) is 39.3. The number of nitrogens with zero attached hydrogens (tertiary/aromatic N) is 4. The second kappa shape index (κ2) is 7.75. The summed E-state index contributed by atoms with van der Waals surface area (Å²) >= 11 is 0. The zero-order valence-electron chi connectivity index (χ0n) is 18.3. The van der Waals surface area contributed by atoms with Crippen LogP contribution in [0.25, 0.3) is 16.7 Å². The summed E-state index contributed by atoms with van der Waals surface area (Å²) < 4.78 is 55.4. The number of aromatic nitrogens is 3. The number of alkyl halides is 3. The van der Waals surface area contributed by atoms with Gasteiger partial charge in [0, 0.05) is 36.1 Å². The molecule has 2 aliphatic heterocycles. The van der Waals surface area contributed by atoms with Crippen LogP contribution in [0.1, 0.15) is 40.5 Å². The van der Waals surface area contributed by atoms with Gasteiger partial charge in [-0.15, -0.1) is 0 Å². The number of rotatable bonds is 4. The lowest BCUT2D eigenvalue weighted by Crippen LogP contribution is -2.27. The molecule has 13 heteroatoms. The van der Waals surface area contributed by atoms with Crippen LogP contribution in [0.2, 0.25) is 0 Å². The second-order valence-electron chi connectivity index (χ2n) is 8.90. The fourth-order valence-corrected chi connectivity index (χ4v) is 4.58. The minimum atomic E-state index is -4.56. The lowest BCUT2D eigenvalue weighted by atomic mass is 10.1. The average Bonchev–Trinajstić information content (AvgIpc) is 3.46. The number of anilines is 1. The third-order valence-corrected chi connectivity index (χ3v) is 6.51. The largest absolute Gasteiger partial charge is 0.477 e. The molecule has 2 N–H and O–H groups in total. The van der Waals surface area contributed by atoms with Crippen molar-refractivity contribution in [3.05, 3.63) is 69.0 Å². The Morgan fingerprint density at radius 2 is 2.03 bits per heavy atom. The third-order valence-electron chi connectivity index (χ3n) is 6.51. The number of nitrogens with one attached hydrogen (secondary N) is 1. The summed E-state index contributed by atoms with van der Waals surface area (Å²) in [7, 11) is 0. The highest BCUT2D eigenvalue weighted by atomic mass is 19.4. The number of carbonyl (C=O) groups is 1. The molecular weight excluding hydrogens is 486 g/mol. The van der Waals surface area contributed by atoms with E-state index in [4.69, 9.17) is 4.84 Å². The summed E-state index contributed by atoms with van der Waals surface area (Å²) in [6.07, 6.45) is -1.14. The van der Waals surface area contributed by atoms with Crippen LogP contribution in [0.4, 0.5) is 23.4 Å². The first-order chi connectivity index (χ1) is 17.1. The van der Waals surface area contributed by atoms with Crippen molar-refractivity contribution < 1.29 is 32.3 Å². The van der Waals surface area contributed by atoms with Crippen molar-refractivity contribution in [2.75, 3.05) is 18.0 Å². The molecule has 5 heterocycles. The Kier molecular flexibility index (Phi) is 4.84. The van der Waals surface area contributed by atoms with Gasteiger partial charge in [-0.1, -0.05) is 0 Å². The Labute approximate surface area is 199 Å². The molecule has 1 unspecified atom stereocenters. The van der Waals surface area contributed by atoms with E-state index in [0.717, 1.165) is 31.2 Å². The molecule has 9 nitrogen and oxygen atoms in total. The van der Waals surface area contributed by atoms with Crippen LogP contribution in [-0.2, 0) is 11.0 Å². The predicted octanol–water partition coefficient (Wildman–Crippen LogP) is 3.12. The van der Waals surface area contributed by atoms with Gasteiger partial charge in [0.15, 0.2) is 11.6 Å². The number of carboxylic acid groups (broad SMARTS) is 1. The fraction of sp³-hybridized carbons (Fsp3) is 0.304. The van der Waals surface area contributed by atoms with E-state index in [1.54, 1.807) is 9.47 Å². The molecule has 0 amide bonds. The van der Waals surface area contributed by atoms with E-state index in [2.05, 4.69) is 15.4 Å². The number of hydrogen-bond acceptors (Lipinski definition) is 7. The van der Waals surface area contributed by atoms with E-state index < -0.39 is 40.8 Å². The minimum absolute atomic E-state index is 0.0241. The van der Waals surface area contributed by atoms with E-state index in [1.807, 2.05) is 0 Å². The molecule has 186 valence electrons. The van der Waals surface area contributed by atoms with Gasteiger partial charge in [0.1, 0.15) is 23.0 Å². The van der Waals surface area contributed by atoms with Crippen molar-refractivity contribution in [1.29, 1.82) is 0 Å². The maximum Gasteiger partial charge on any atom is 0.433 e. The van der Waals surface area contributed by atoms with Crippen molar-refractivity contribution in [3.63, 3.8) is 0 Å². The molecule has 1 saturated heterocycles. The Bertz CT molecular complexity index is 1510. The van der Waals surface area contributed by atoms with Crippen LogP contribution in [0.15, 0.2) is 41.0 Å². The predicted molar refractivity (Wildman–Crippen MR) is 118 cm³/mol. The van der Waals surface area contributed by atoms with E-state index >= 15 is 4.39 Å². The van der Waals surface area contributed by atoms with Crippen LogP contribution in [0, 0.1) is 5.82 Å². The smallest absolute Gasteiger partial charge is 0.433 e. The number of hydroxylamine groups is 1. The maximum atomic E-state index is 15.2. The molecule has 1 atom stereocenters. The van der Waals surface area contributed by atoms with Gasteiger partial charge in [0.2, 0.25) is 5.43 Å². The van der Waals surface area contributed by atoms with Crippen LogP contribution in [-0.4, -0.2) is 44.8 Å². The Balaban J connectivity index is 1.38. The molecule has 3 aromatic heterocycles. The summed E-state index contributed by atoms with van der Waals surface area (Å²) in [5.74, 6) is -2.22. The summed E-state index contributed by atoms with van der Waals surface area (Å²) in [6, 6.07) is 3.14. The molecule has 0 radical (unpaired) electrons. The highest BCUT2D eigenvalue weighted by Gasteiger charge is 2.39. The summed E-state index contributed by atoms with van der Waals surface area (Å²) in [5, 5.41) is 9.28. The quantitative estimate of drug-likeness (QED) is 0.523. The molecule has 3 aliphatic rings.